The lowest BCUT2D eigenvalue weighted by molar-refractivity contribution is -0.131. The van der Waals surface area contributed by atoms with Gasteiger partial charge in [0.2, 0.25) is 5.91 Å². The minimum absolute atomic E-state index is 0.000608. The van der Waals surface area contributed by atoms with Crippen LogP contribution in [0.4, 0.5) is 0 Å². The third kappa shape index (κ3) is 5.76. The van der Waals surface area contributed by atoms with Crippen molar-refractivity contribution >= 4 is 11.8 Å². The van der Waals surface area contributed by atoms with Crippen molar-refractivity contribution in [1.82, 2.24) is 15.2 Å². The van der Waals surface area contributed by atoms with Gasteiger partial charge in [0.15, 0.2) is 0 Å². The van der Waals surface area contributed by atoms with E-state index in [0.29, 0.717) is 17.9 Å². The van der Waals surface area contributed by atoms with Crippen molar-refractivity contribution in [3.05, 3.63) is 65.0 Å². The molecule has 2 heterocycles. The summed E-state index contributed by atoms with van der Waals surface area (Å²) in [6, 6.07) is 13.8. The van der Waals surface area contributed by atoms with E-state index in [1.807, 2.05) is 54.3 Å². The summed E-state index contributed by atoms with van der Waals surface area (Å²) in [4.78, 5) is 32.5. The molecule has 4 rings (SSSR count). The Morgan fingerprint density at radius 1 is 0.969 bits per heavy atom. The second kappa shape index (κ2) is 10.8. The van der Waals surface area contributed by atoms with Crippen LogP contribution in [0.25, 0.3) is 0 Å². The fourth-order valence-electron chi connectivity index (χ4n) is 5.09. The number of benzene rings is 1. The first-order valence-corrected chi connectivity index (χ1v) is 12.2. The van der Waals surface area contributed by atoms with Crippen LogP contribution in [0.5, 0.6) is 0 Å². The summed E-state index contributed by atoms with van der Waals surface area (Å²) < 4.78 is 0. The molecule has 1 N–H and O–H groups in total. The van der Waals surface area contributed by atoms with E-state index in [4.69, 9.17) is 4.98 Å². The van der Waals surface area contributed by atoms with E-state index >= 15 is 0 Å². The number of carbonyl (C=O) groups excluding carboxylic acids is 2. The average molecular weight is 434 g/mol. The van der Waals surface area contributed by atoms with Crippen molar-refractivity contribution in [2.75, 3.05) is 19.6 Å². The molecule has 0 unspecified atom stereocenters. The Morgan fingerprint density at radius 2 is 1.69 bits per heavy atom. The van der Waals surface area contributed by atoms with Crippen LogP contribution in [-0.2, 0) is 11.2 Å². The van der Waals surface area contributed by atoms with E-state index in [9.17, 15) is 9.59 Å². The Kier molecular flexibility index (Phi) is 7.56. The highest BCUT2D eigenvalue weighted by Crippen LogP contribution is 2.30. The predicted octanol–water partition coefficient (Wildman–Crippen LogP) is 4.65. The van der Waals surface area contributed by atoms with Crippen molar-refractivity contribution in [2.24, 2.45) is 5.92 Å². The maximum absolute atomic E-state index is 13.0. The zero-order valence-electron chi connectivity index (χ0n) is 19.2. The normalized spacial score (nSPS) is 17.8. The molecular weight excluding hydrogens is 398 g/mol. The van der Waals surface area contributed by atoms with Crippen LogP contribution in [0, 0.1) is 12.8 Å². The number of amides is 2. The zero-order chi connectivity index (χ0) is 22.3. The van der Waals surface area contributed by atoms with E-state index in [1.54, 1.807) is 0 Å². The van der Waals surface area contributed by atoms with Crippen molar-refractivity contribution in [3.63, 3.8) is 0 Å². The molecular formula is C27H35N3O2. The van der Waals surface area contributed by atoms with E-state index in [-0.39, 0.29) is 17.7 Å². The van der Waals surface area contributed by atoms with Gasteiger partial charge in [-0.15, -0.1) is 0 Å². The van der Waals surface area contributed by atoms with Gasteiger partial charge >= 0.3 is 0 Å². The van der Waals surface area contributed by atoms with Crippen LogP contribution in [0.1, 0.15) is 78.2 Å². The third-order valence-electron chi connectivity index (χ3n) is 7.02. The first-order chi connectivity index (χ1) is 15.6. The van der Waals surface area contributed by atoms with E-state index in [2.05, 4.69) is 5.32 Å². The first kappa shape index (κ1) is 22.5. The summed E-state index contributed by atoms with van der Waals surface area (Å²) in [5.74, 6) is 0.998. The molecule has 5 heteroatoms. The van der Waals surface area contributed by atoms with Crippen molar-refractivity contribution in [3.8, 4) is 0 Å². The molecule has 2 aromatic rings. The summed E-state index contributed by atoms with van der Waals surface area (Å²) >= 11 is 0. The average Bonchev–Trinajstić information content (AvgIpc) is 2.84. The van der Waals surface area contributed by atoms with Crippen LogP contribution in [-0.4, -0.2) is 41.3 Å². The summed E-state index contributed by atoms with van der Waals surface area (Å²) in [7, 11) is 0. The summed E-state index contributed by atoms with van der Waals surface area (Å²) in [5, 5.41) is 3.18. The second-order valence-corrected chi connectivity index (χ2v) is 9.42. The van der Waals surface area contributed by atoms with Crippen LogP contribution in [0.2, 0.25) is 0 Å². The molecule has 170 valence electrons. The van der Waals surface area contributed by atoms with Gasteiger partial charge in [-0.2, -0.15) is 0 Å². The number of likely N-dealkylation sites (tertiary alicyclic amines) is 1. The fraction of sp³-hybridized carbons (Fsp3) is 0.519. The monoisotopic (exact) mass is 433 g/mol. The van der Waals surface area contributed by atoms with E-state index in [1.165, 1.54) is 32.1 Å². The minimum atomic E-state index is 0.000608. The molecule has 1 saturated heterocycles. The van der Waals surface area contributed by atoms with Gasteiger partial charge in [0, 0.05) is 31.2 Å². The Bertz CT molecular complexity index is 914. The van der Waals surface area contributed by atoms with E-state index in [0.717, 1.165) is 49.4 Å². The van der Waals surface area contributed by atoms with Gasteiger partial charge in [0.1, 0.15) is 0 Å². The lowest BCUT2D eigenvalue weighted by Gasteiger charge is -2.32. The molecule has 0 atom stereocenters. The van der Waals surface area contributed by atoms with Gasteiger partial charge in [-0.05, 0) is 56.2 Å². The molecule has 1 saturated carbocycles. The second-order valence-electron chi connectivity index (χ2n) is 9.42. The molecule has 0 radical (unpaired) electrons. The van der Waals surface area contributed by atoms with Crippen molar-refractivity contribution in [1.29, 1.82) is 0 Å². The van der Waals surface area contributed by atoms with Gasteiger partial charge in [-0.1, -0.05) is 49.6 Å². The molecule has 32 heavy (non-hydrogen) atoms. The van der Waals surface area contributed by atoms with Gasteiger partial charge in [0.25, 0.3) is 5.91 Å². The lowest BCUT2D eigenvalue weighted by Crippen LogP contribution is -2.39. The number of hydrogen-bond acceptors (Lipinski definition) is 3. The van der Waals surface area contributed by atoms with Crippen LogP contribution < -0.4 is 5.32 Å². The van der Waals surface area contributed by atoms with Crippen molar-refractivity contribution in [2.45, 2.75) is 64.2 Å². The Morgan fingerprint density at radius 3 is 2.41 bits per heavy atom. The number of rotatable bonds is 6. The number of nitrogens with one attached hydrogen (secondary N) is 1. The van der Waals surface area contributed by atoms with Gasteiger partial charge in [-0.25, -0.2) is 0 Å². The predicted molar refractivity (Wildman–Crippen MR) is 127 cm³/mol. The summed E-state index contributed by atoms with van der Waals surface area (Å²) in [5.41, 5.74) is 3.60. The molecule has 5 nitrogen and oxygen atoms in total. The molecule has 2 fully saturated rings. The number of hydrogen-bond donors (Lipinski definition) is 1. The number of piperidine rings is 1. The molecule has 1 aliphatic heterocycles. The first-order valence-electron chi connectivity index (χ1n) is 12.2. The molecule has 1 aromatic heterocycles. The quantitative estimate of drug-likeness (QED) is 0.721. The number of aromatic nitrogens is 1. The van der Waals surface area contributed by atoms with Gasteiger partial charge in [-0.3, -0.25) is 14.6 Å². The van der Waals surface area contributed by atoms with E-state index < -0.39 is 0 Å². The number of pyridine rings is 1. The topological polar surface area (TPSA) is 62.3 Å². The zero-order valence-corrected chi connectivity index (χ0v) is 19.2. The van der Waals surface area contributed by atoms with Crippen LogP contribution in [0.15, 0.2) is 42.5 Å². The Balaban J connectivity index is 1.36. The minimum Gasteiger partial charge on any atom is -0.352 e. The number of nitrogens with zero attached hydrogens (tertiary/aromatic N) is 2. The highest BCUT2D eigenvalue weighted by atomic mass is 16.2. The van der Waals surface area contributed by atoms with Crippen LogP contribution in [0.3, 0.4) is 0 Å². The molecule has 1 aromatic carbocycles. The Hall–Kier alpha value is -2.69. The van der Waals surface area contributed by atoms with Gasteiger partial charge < -0.3 is 10.2 Å². The van der Waals surface area contributed by atoms with Crippen LogP contribution >= 0.6 is 0 Å². The highest BCUT2D eigenvalue weighted by Gasteiger charge is 2.28. The molecule has 0 spiro atoms. The largest absolute Gasteiger partial charge is 0.352 e. The molecule has 2 aliphatic rings. The maximum atomic E-state index is 13.0. The fourth-order valence-corrected chi connectivity index (χ4v) is 5.09. The maximum Gasteiger partial charge on any atom is 0.253 e. The summed E-state index contributed by atoms with van der Waals surface area (Å²) in [6.07, 6.45) is 8.45. The smallest absolute Gasteiger partial charge is 0.253 e. The molecule has 0 bridgehead atoms. The third-order valence-corrected chi connectivity index (χ3v) is 7.02. The molecule has 2 amide bonds. The summed E-state index contributed by atoms with van der Waals surface area (Å²) in [6.45, 7) is 4.18. The lowest BCUT2D eigenvalue weighted by atomic mass is 9.88. The highest BCUT2D eigenvalue weighted by molar-refractivity contribution is 5.95. The van der Waals surface area contributed by atoms with Crippen molar-refractivity contribution < 1.29 is 9.59 Å². The van der Waals surface area contributed by atoms with Gasteiger partial charge in [0.05, 0.1) is 17.7 Å². The number of carbonyl (C=O) groups is 2. The standard InChI is InChI=1S/C27H35N3O2/c1-20-12-13-24(27(32)28-19-22-10-6-3-7-11-22)26(29-20)23-14-16-30(17-15-23)25(31)18-21-8-4-2-5-9-21/h2,4-5,8-9,12-13,22-23H,3,6-7,10-11,14-19H2,1H3,(H,28,32). The number of aryl methyl sites for hydroxylation is 1. The molecule has 1 aliphatic carbocycles. The Labute approximate surface area is 191 Å². The SMILES string of the molecule is Cc1ccc(C(=O)NCC2CCCCC2)c(C2CCN(C(=O)Cc3ccccc3)CC2)n1.